The third-order valence-corrected chi connectivity index (χ3v) is 4.14. The SMILES string of the molecule is CCOc1cc2nccc(N3C[C@@H](C)O[C@@H](C)C3)c2cc1OCC. The molecule has 24 heavy (non-hydrogen) atoms. The van der Waals surface area contributed by atoms with E-state index < -0.39 is 0 Å². The highest BCUT2D eigenvalue weighted by molar-refractivity contribution is 5.94. The van der Waals surface area contributed by atoms with Crippen molar-refractivity contribution in [3.8, 4) is 11.5 Å². The predicted molar refractivity (Wildman–Crippen MR) is 96.3 cm³/mol. The van der Waals surface area contributed by atoms with Gasteiger partial charge in [0.2, 0.25) is 0 Å². The molecule has 0 unspecified atom stereocenters. The Bertz CT molecular complexity index is 694. The topological polar surface area (TPSA) is 43.8 Å². The van der Waals surface area contributed by atoms with Gasteiger partial charge in [-0.3, -0.25) is 4.98 Å². The van der Waals surface area contributed by atoms with E-state index in [1.165, 1.54) is 5.69 Å². The van der Waals surface area contributed by atoms with E-state index in [-0.39, 0.29) is 12.2 Å². The van der Waals surface area contributed by atoms with Crippen molar-refractivity contribution in [1.29, 1.82) is 0 Å². The van der Waals surface area contributed by atoms with E-state index >= 15 is 0 Å². The number of aromatic nitrogens is 1. The number of nitrogens with zero attached hydrogens (tertiary/aromatic N) is 2. The summed E-state index contributed by atoms with van der Waals surface area (Å²) in [7, 11) is 0. The Kier molecular flexibility index (Phi) is 5.09. The molecule has 0 spiro atoms. The van der Waals surface area contributed by atoms with Crippen molar-refractivity contribution in [2.24, 2.45) is 0 Å². The highest BCUT2D eigenvalue weighted by atomic mass is 16.5. The number of ether oxygens (including phenoxy) is 3. The van der Waals surface area contributed by atoms with E-state index in [0.717, 1.165) is 35.5 Å². The van der Waals surface area contributed by atoms with Crippen LogP contribution in [-0.4, -0.2) is 43.5 Å². The average molecular weight is 330 g/mol. The molecule has 5 heteroatoms. The van der Waals surface area contributed by atoms with Gasteiger partial charge < -0.3 is 19.1 Å². The van der Waals surface area contributed by atoms with Crippen LogP contribution in [0, 0.1) is 0 Å². The highest BCUT2D eigenvalue weighted by Gasteiger charge is 2.24. The summed E-state index contributed by atoms with van der Waals surface area (Å²) in [6, 6.07) is 6.10. The molecule has 1 aromatic heterocycles. The molecule has 1 saturated heterocycles. The molecule has 0 saturated carbocycles. The Morgan fingerprint density at radius 1 is 1.08 bits per heavy atom. The molecule has 1 fully saturated rings. The maximum atomic E-state index is 5.86. The second-order valence-electron chi connectivity index (χ2n) is 6.17. The number of anilines is 1. The third kappa shape index (κ3) is 3.41. The Labute approximate surface area is 143 Å². The first kappa shape index (κ1) is 16.8. The fourth-order valence-electron chi connectivity index (χ4n) is 3.33. The number of hydrogen-bond acceptors (Lipinski definition) is 5. The molecule has 5 nitrogen and oxygen atoms in total. The summed E-state index contributed by atoms with van der Waals surface area (Å²) in [5.74, 6) is 1.52. The second kappa shape index (κ2) is 7.26. The summed E-state index contributed by atoms with van der Waals surface area (Å²) in [5.41, 5.74) is 2.09. The first-order chi connectivity index (χ1) is 11.6. The minimum Gasteiger partial charge on any atom is -0.490 e. The van der Waals surface area contributed by atoms with Gasteiger partial charge in [0.15, 0.2) is 11.5 Å². The van der Waals surface area contributed by atoms with Gasteiger partial charge >= 0.3 is 0 Å². The molecule has 2 atom stereocenters. The molecular weight excluding hydrogens is 304 g/mol. The molecule has 3 rings (SSSR count). The quantitative estimate of drug-likeness (QED) is 0.837. The van der Waals surface area contributed by atoms with Gasteiger partial charge in [0, 0.05) is 36.4 Å². The van der Waals surface area contributed by atoms with Gasteiger partial charge in [-0.25, -0.2) is 0 Å². The second-order valence-corrected chi connectivity index (χ2v) is 6.17. The van der Waals surface area contributed by atoms with Gasteiger partial charge in [0.05, 0.1) is 30.9 Å². The Morgan fingerprint density at radius 3 is 2.33 bits per heavy atom. The lowest BCUT2D eigenvalue weighted by molar-refractivity contribution is -0.00513. The average Bonchev–Trinajstić information content (AvgIpc) is 2.54. The van der Waals surface area contributed by atoms with Crippen LogP contribution in [0.2, 0.25) is 0 Å². The van der Waals surface area contributed by atoms with Crippen molar-refractivity contribution >= 4 is 16.6 Å². The van der Waals surface area contributed by atoms with Crippen LogP contribution in [0.1, 0.15) is 27.7 Å². The number of hydrogen-bond donors (Lipinski definition) is 0. The first-order valence-electron chi connectivity index (χ1n) is 8.71. The van der Waals surface area contributed by atoms with Crippen LogP contribution in [0.3, 0.4) is 0 Å². The van der Waals surface area contributed by atoms with Crippen LogP contribution < -0.4 is 14.4 Å². The van der Waals surface area contributed by atoms with Crippen molar-refractivity contribution in [2.45, 2.75) is 39.9 Å². The van der Waals surface area contributed by atoms with E-state index in [0.29, 0.717) is 13.2 Å². The molecule has 0 radical (unpaired) electrons. The lowest BCUT2D eigenvalue weighted by atomic mass is 10.1. The predicted octanol–water partition coefficient (Wildman–Crippen LogP) is 3.65. The van der Waals surface area contributed by atoms with Crippen LogP contribution in [-0.2, 0) is 4.74 Å². The lowest BCUT2D eigenvalue weighted by Gasteiger charge is -2.37. The smallest absolute Gasteiger partial charge is 0.163 e. The zero-order valence-electron chi connectivity index (χ0n) is 14.9. The molecule has 0 bridgehead atoms. The summed E-state index contributed by atoms with van der Waals surface area (Å²) in [6.45, 7) is 11.1. The Morgan fingerprint density at radius 2 is 1.71 bits per heavy atom. The minimum absolute atomic E-state index is 0.214. The van der Waals surface area contributed by atoms with Crippen molar-refractivity contribution in [1.82, 2.24) is 4.98 Å². The summed E-state index contributed by atoms with van der Waals surface area (Å²) >= 11 is 0. The van der Waals surface area contributed by atoms with Gasteiger partial charge in [0.25, 0.3) is 0 Å². The zero-order valence-corrected chi connectivity index (χ0v) is 14.9. The van der Waals surface area contributed by atoms with Crippen LogP contribution in [0.5, 0.6) is 11.5 Å². The van der Waals surface area contributed by atoms with E-state index in [1.54, 1.807) is 0 Å². The first-order valence-corrected chi connectivity index (χ1v) is 8.71. The molecule has 1 aliphatic rings. The van der Waals surface area contributed by atoms with Crippen molar-refractivity contribution in [3.63, 3.8) is 0 Å². The number of benzene rings is 1. The number of rotatable bonds is 5. The van der Waals surface area contributed by atoms with Crippen LogP contribution >= 0.6 is 0 Å². The number of morpholine rings is 1. The number of fused-ring (bicyclic) bond motifs is 1. The van der Waals surface area contributed by atoms with Gasteiger partial charge in [-0.2, -0.15) is 0 Å². The third-order valence-electron chi connectivity index (χ3n) is 4.14. The maximum Gasteiger partial charge on any atom is 0.163 e. The molecule has 0 aliphatic carbocycles. The molecule has 2 heterocycles. The summed E-state index contributed by atoms with van der Waals surface area (Å²) in [5, 5.41) is 1.09. The standard InChI is InChI=1S/C19H26N2O3/c1-5-22-18-9-15-16(10-19(18)23-6-2)20-8-7-17(15)21-11-13(3)24-14(4)12-21/h7-10,13-14H,5-6,11-12H2,1-4H3/t13-,14+. The van der Waals surface area contributed by atoms with Gasteiger partial charge in [-0.1, -0.05) is 0 Å². The van der Waals surface area contributed by atoms with Gasteiger partial charge in [-0.05, 0) is 39.8 Å². The maximum absolute atomic E-state index is 5.86. The monoisotopic (exact) mass is 330 g/mol. The van der Waals surface area contributed by atoms with E-state index in [9.17, 15) is 0 Å². The molecule has 1 aliphatic heterocycles. The van der Waals surface area contributed by atoms with Gasteiger partial charge in [-0.15, -0.1) is 0 Å². The van der Waals surface area contributed by atoms with Crippen molar-refractivity contribution < 1.29 is 14.2 Å². The zero-order chi connectivity index (χ0) is 17.1. The molecule has 130 valence electrons. The highest BCUT2D eigenvalue weighted by Crippen LogP contribution is 2.36. The van der Waals surface area contributed by atoms with Crippen LogP contribution in [0.15, 0.2) is 24.4 Å². The van der Waals surface area contributed by atoms with Crippen molar-refractivity contribution in [2.75, 3.05) is 31.2 Å². The lowest BCUT2D eigenvalue weighted by Crippen LogP contribution is -2.45. The largest absolute Gasteiger partial charge is 0.490 e. The molecule has 0 N–H and O–H groups in total. The number of pyridine rings is 1. The minimum atomic E-state index is 0.214. The van der Waals surface area contributed by atoms with E-state index in [1.807, 2.05) is 26.1 Å². The fraction of sp³-hybridized carbons (Fsp3) is 0.526. The summed E-state index contributed by atoms with van der Waals surface area (Å²) in [6.07, 6.45) is 2.29. The summed E-state index contributed by atoms with van der Waals surface area (Å²) < 4.78 is 17.4. The summed E-state index contributed by atoms with van der Waals surface area (Å²) in [4.78, 5) is 6.90. The molecular formula is C19H26N2O3. The van der Waals surface area contributed by atoms with E-state index in [4.69, 9.17) is 14.2 Å². The van der Waals surface area contributed by atoms with Crippen LogP contribution in [0.4, 0.5) is 5.69 Å². The molecule has 0 amide bonds. The van der Waals surface area contributed by atoms with Crippen LogP contribution in [0.25, 0.3) is 10.9 Å². The van der Waals surface area contributed by atoms with Gasteiger partial charge in [0.1, 0.15) is 0 Å². The fourth-order valence-corrected chi connectivity index (χ4v) is 3.33. The van der Waals surface area contributed by atoms with E-state index in [2.05, 4.69) is 35.9 Å². The Hall–Kier alpha value is -2.01. The van der Waals surface area contributed by atoms with Crippen molar-refractivity contribution in [3.05, 3.63) is 24.4 Å². The molecule has 2 aromatic rings. The normalized spacial score (nSPS) is 21.1. The molecule has 1 aromatic carbocycles. The Balaban J connectivity index is 2.06.